The molecule has 10 heteroatoms. The average molecular weight is 399 g/mol. The summed E-state index contributed by atoms with van der Waals surface area (Å²) in [7, 11) is 0. The summed E-state index contributed by atoms with van der Waals surface area (Å²) in [4.78, 5) is 13.8. The molecule has 1 aromatic heterocycles. The van der Waals surface area contributed by atoms with Gasteiger partial charge in [0.1, 0.15) is 6.61 Å². The van der Waals surface area contributed by atoms with Crippen molar-refractivity contribution in [3.05, 3.63) is 30.2 Å². The van der Waals surface area contributed by atoms with Crippen LogP contribution in [-0.4, -0.2) is 46.5 Å². The lowest BCUT2D eigenvalue weighted by molar-refractivity contribution is -0.128. The van der Waals surface area contributed by atoms with Gasteiger partial charge in [0.15, 0.2) is 11.5 Å². The first kappa shape index (κ1) is 19.5. The Kier molecular flexibility index (Phi) is 6.71. The summed E-state index contributed by atoms with van der Waals surface area (Å²) in [5.41, 5.74) is 0. The number of carbonyl (C=O) groups excluding carboxylic acids is 1. The number of hydrogen-bond donors (Lipinski definition) is 0. The van der Waals surface area contributed by atoms with Crippen molar-refractivity contribution in [1.82, 2.24) is 15.1 Å². The summed E-state index contributed by atoms with van der Waals surface area (Å²) in [6, 6.07) is 11.3. The van der Waals surface area contributed by atoms with E-state index in [4.69, 9.17) is 24.4 Å². The number of amides is 1. The lowest BCUT2D eigenvalue weighted by Gasteiger charge is -2.23. The first-order valence-corrected chi connectivity index (χ1v) is 9.56. The van der Waals surface area contributed by atoms with Crippen molar-refractivity contribution in [2.75, 3.05) is 25.4 Å². The van der Waals surface area contributed by atoms with Crippen LogP contribution >= 0.6 is 11.8 Å². The fraction of sp³-hybridized carbons (Fsp3) is 0.389. The minimum absolute atomic E-state index is 0.0728. The SMILES string of the molecule is N#CCCN(CCC#N)C(=O)CSc1nnc(C2COc3ccccc3O2)o1. The molecule has 2 aromatic rings. The molecular formula is C18H17N5O4S. The van der Waals surface area contributed by atoms with E-state index in [1.807, 2.05) is 30.3 Å². The van der Waals surface area contributed by atoms with Gasteiger partial charge in [0.2, 0.25) is 12.0 Å². The summed E-state index contributed by atoms with van der Waals surface area (Å²) < 4.78 is 17.0. The van der Waals surface area contributed by atoms with E-state index in [1.54, 1.807) is 6.07 Å². The predicted molar refractivity (Wildman–Crippen MR) is 97.4 cm³/mol. The van der Waals surface area contributed by atoms with Crippen molar-refractivity contribution < 1.29 is 18.7 Å². The third-order valence-electron chi connectivity index (χ3n) is 3.86. The minimum atomic E-state index is -0.518. The van der Waals surface area contributed by atoms with Gasteiger partial charge in [-0.2, -0.15) is 10.5 Å². The van der Waals surface area contributed by atoms with Crippen LogP contribution in [0, 0.1) is 22.7 Å². The maximum Gasteiger partial charge on any atom is 0.277 e. The standard InChI is InChI=1S/C18H17N5O4S/c19-7-3-9-23(10-4-8-20)16(24)12-28-18-22-21-17(27-18)15-11-25-13-5-1-2-6-14(13)26-15/h1-2,5-6,15H,3-4,9-12H2. The molecule has 0 bridgehead atoms. The van der Waals surface area contributed by atoms with Gasteiger partial charge < -0.3 is 18.8 Å². The molecule has 1 amide bonds. The molecule has 0 aliphatic carbocycles. The largest absolute Gasteiger partial charge is 0.485 e. The van der Waals surface area contributed by atoms with Gasteiger partial charge in [-0.05, 0) is 12.1 Å². The highest BCUT2D eigenvalue weighted by atomic mass is 32.2. The first-order chi connectivity index (χ1) is 13.7. The zero-order chi connectivity index (χ0) is 19.8. The number of para-hydroxylation sites is 2. The third-order valence-corrected chi connectivity index (χ3v) is 4.67. The van der Waals surface area contributed by atoms with E-state index in [0.29, 0.717) is 24.6 Å². The number of hydrogen-bond acceptors (Lipinski definition) is 9. The number of nitriles is 2. The van der Waals surface area contributed by atoms with Gasteiger partial charge in [-0.25, -0.2) is 0 Å². The second-order valence-corrected chi connectivity index (χ2v) is 6.68. The highest BCUT2D eigenvalue weighted by Crippen LogP contribution is 2.35. The number of carbonyl (C=O) groups is 1. The lowest BCUT2D eigenvalue weighted by Crippen LogP contribution is -2.34. The molecule has 3 rings (SSSR count). The number of rotatable bonds is 8. The van der Waals surface area contributed by atoms with Gasteiger partial charge in [0.05, 0.1) is 30.7 Å². The Morgan fingerprint density at radius 3 is 2.61 bits per heavy atom. The zero-order valence-electron chi connectivity index (χ0n) is 14.9. The third kappa shape index (κ3) is 4.93. The molecular weight excluding hydrogens is 382 g/mol. The van der Waals surface area contributed by atoms with Crippen molar-refractivity contribution in [3.63, 3.8) is 0 Å². The number of aromatic nitrogens is 2. The zero-order valence-corrected chi connectivity index (χ0v) is 15.7. The molecule has 1 atom stereocenters. The molecule has 2 heterocycles. The molecule has 0 spiro atoms. The molecule has 144 valence electrons. The van der Waals surface area contributed by atoms with E-state index >= 15 is 0 Å². The Balaban J connectivity index is 1.55. The van der Waals surface area contributed by atoms with Gasteiger partial charge in [-0.1, -0.05) is 23.9 Å². The van der Waals surface area contributed by atoms with Crippen LogP contribution in [0.2, 0.25) is 0 Å². The second-order valence-electron chi connectivity index (χ2n) is 5.76. The number of fused-ring (bicyclic) bond motifs is 1. The van der Waals surface area contributed by atoms with Crippen LogP contribution in [0.4, 0.5) is 0 Å². The lowest BCUT2D eigenvalue weighted by atomic mass is 10.2. The molecule has 1 aromatic carbocycles. The van der Waals surface area contributed by atoms with Crippen LogP contribution < -0.4 is 9.47 Å². The quantitative estimate of drug-likeness (QED) is 0.615. The number of nitrogens with zero attached hydrogens (tertiary/aromatic N) is 5. The maximum absolute atomic E-state index is 12.3. The maximum atomic E-state index is 12.3. The second kappa shape index (κ2) is 9.62. The highest BCUT2D eigenvalue weighted by molar-refractivity contribution is 7.99. The van der Waals surface area contributed by atoms with E-state index in [-0.39, 0.29) is 42.2 Å². The van der Waals surface area contributed by atoms with Crippen molar-refractivity contribution in [3.8, 4) is 23.6 Å². The van der Waals surface area contributed by atoms with Crippen molar-refractivity contribution in [1.29, 1.82) is 10.5 Å². The topological polar surface area (TPSA) is 125 Å². The number of benzene rings is 1. The van der Waals surface area contributed by atoms with Crippen LogP contribution in [-0.2, 0) is 4.79 Å². The molecule has 0 N–H and O–H groups in total. The van der Waals surface area contributed by atoms with Gasteiger partial charge in [0.25, 0.3) is 11.1 Å². The molecule has 1 unspecified atom stereocenters. The Labute approximate surface area is 165 Å². The molecule has 0 fully saturated rings. The molecule has 28 heavy (non-hydrogen) atoms. The number of thioether (sulfide) groups is 1. The highest BCUT2D eigenvalue weighted by Gasteiger charge is 2.27. The summed E-state index contributed by atoms with van der Waals surface area (Å²) in [6.07, 6.45) is -0.0877. The number of ether oxygens (including phenoxy) is 2. The van der Waals surface area contributed by atoms with Gasteiger partial charge in [-0.3, -0.25) is 4.79 Å². The molecule has 9 nitrogen and oxygen atoms in total. The van der Waals surface area contributed by atoms with Crippen LogP contribution in [0.25, 0.3) is 0 Å². The normalized spacial score (nSPS) is 14.7. The summed E-state index contributed by atoms with van der Waals surface area (Å²) in [6.45, 7) is 0.830. The average Bonchev–Trinajstić information content (AvgIpc) is 3.21. The van der Waals surface area contributed by atoms with Gasteiger partial charge in [0, 0.05) is 13.1 Å². The minimum Gasteiger partial charge on any atom is -0.485 e. The molecule has 0 saturated heterocycles. The molecule has 1 aliphatic heterocycles. The van der Waals surface area contributed by atoms with Crippen LogP contribution in [0.1, 0.15) is 24.8 Å². The van der Waals surface area contributed by atoms with Crippen molar-refractivity contribution in [2.24, 2.45) is 0 Å². The fourth-order valence-corrected chi connectivity index (χ4v) is 3.17. The summed E-state index contributed by atoms with van der Waals surface area (Å²) in [5, 5.41) is 25.6. The Hall–Kier alpha value is -3.24. The monoisotopic (exact) mass is 399 g/mol. The van der Waals surface area contributed by atoms with Gasteiger partial charge in [-0.15, -0.1) is 10.2 Å². The fourth-order valence-electron chi connectivity index (χ4n) is 2.50. The summed E-state index contributed by atoms with van der Waals surface area (Å²) >= 11 is 1.10. The molecule has 1 aliphatic rings. The van der Waals surface area contributed by atoms with Crippen LogP contribution in [0.15, 0.2) is 33.9 Å². The molecule has 0 saturated carbocycles. The van der Waals surface area contributed by atoms with E-state index in [0.717, 1.165) is 11.8 Å². The Morgan fingerprint density at radius 2 is 1.89 bits per heavy atom. The Bertz CT molecular complexity index is 886. The van der Waals surface area contributed by atoms with Crippen molar-refractivity contribution in [2.45, 2.75) is 24.2 Å². The van der Waals surface area contributed by atoms with Crippen LogP contribution in [0.3, 0.4) is 0 Å². The van der Waals surface area contributed by atoms with E-state index < -0.39 is 6.10 Å². The van der Waals surface area contributed by atoms with Gasteiger partial charge >= 0.3 is 0 Å². The summed E-state index contributed by atoms with van der Waals surface area (Å²) in [5.74, 6) is 1.42. The van der Waals surface area contributed by atoms with Crippen molar-refractivity contribution >= 4 is 17.7 Å². The predicted octanol–water partition coefficient (Wildman–Crippen LogP) is 2.33. The van der Waals surface area contributed by atoms with Crippen LogP contribution in [0.5, 0.6) is 11.5 Å². The molecule has 0 radical (unpaired) electrons. The van der Waals surface area contributed by atoms with E-state index in [1.165, 1.54) is 4.90 Å². The Morgan fingerprint density at radius 1 is 1.18 bits per heavy atom. The smallest absolute Gasteiger partial charge is 0.277 e. The van der Waals surface area contributed by atoms with E-state index in [2.05, 4.69) is 10.2 Å². The van der Waals surface area contributed by atoms with E-state index in [9.17, 15) is 4.79 Å². The first-order valence-electron chi connectivity index (χ1n) is 8.57.